The van der Waals surface area contributed by atoms with Crippen LogP contribution in [0.1, 0.15) is 34.2 Å². The van der Waals surface area contributed by atoms with Gasteiger partial charge in [0.2, 0.25) is 11.6 Å². The first kappa shape index (κ1) is 22.9. The van der Waals surface area contributed by atoms with Crippen molar-refractivity contribution in [3.05, 3.63) is 82.7 Å². The van der Waals surface area contributed by atoms with E-state index in [0.717, 1.165) is 21.6 Å². The molecule has 0 aliphatic rings. The number of hydrazone groups is 1. The van der Waals surface area contributed by atoms with Gasteiger partial charge in [0, 0.05) is 10.6 Å². The summed E-state index contributed by atoms with van der Waals surface area (Å²) in [5.74, 6) is 0.0702. The van der Waals surface area contributed by atoms with E-state index in [1.54, 1.807) is 6.21 Å². The van der Waals surface area contributed by atoms with Gasteiger partial charge in [-0.3, -0.25) is 4.79 Å². The van der Waals surface area contributed by atoms with E-state index in [1.807, 2.05) is 74.5 Å². The molecule has 0 aliphatic heterocycles. The zero-order valence-corrected chi connectivity index (χ0v) is 19.4. The molecular formula is C23H22N8O2S. The number of amides is 1. The highest BCUT2D eigenvalue weighted by Gasteiger charge is 2.24. The fourth-order valence-corrected chi connectivity index (χ4v) is 3.89. The molecule has 0 radical (unpaired) electrons. The summed E-state index contributed by atoms with van der Waals surface area (Å²) in [5.41, 5.74) is 12.0. The van der Waals surface area contributed by atoms with Crippen LogP contribution in [0.2, 0.25) is 0 Å². The van der Waals surface area contributed by atoms with Gasteiger partial charge >= 0.3 is 0 Å². The number of carbonyl (C=O) groups is 1. The Bertz CT molecular complexity index is 1330. The maximum absolute atomic E-state index is 12.9. The van der Waals surface area contributed by atoms with Crippen LogP contribution in [0.5, 0.6) is 0 Å². The van der Waals surface area contributed by atoms with Crippen LogP contribution in [0, 0.1) is 6.92 Å². The van der Waals surface area contributed by atoms with Gasteiger partial charge in [-0.15, -0.1) is 16.9 Å². The molecule has 172 valence electrons. The van der Waals surface area contributed by atoms with Crippen molar-refractivity contribution in [3.63, 3.8) is 0 Å². The van der Waals surface area contributed by atoms with Gasteiger partial charge in [0.05, 0.1) is 11.9 Å². The second kappa shape index (κ2) is 10.6. The topological polar surface area (TPSA) is 137 Å². The average Bonchev–Trinajstić information content (AvgIpc) is 3.45. The van der Waals surface area contributed by atoms with Crippen LogP contribution < -0.4 is 11.2 Å². The molecule has 0 bridgehead atoms. The van der Waals surface area contributed by atoms with Crippen molar-refractivity contribution in [2.45, 2.75) is 24.5 Å². The predicted molar refractivity (Wildman–Crippen MR) is 130 cm³/mol. The van der Waals surface area contributed by atoms with Crippen molar-refractivity contribution in [2.75, 3.05) is 5.73 Å². The van der Waals surface area contributed by atoms with Gasteiger partial charge in [0.25, 0.3) is 5.91 Å². The van der Waals surface area contributed by atoms with E-state index in [2.05, 4.69) is 35.8 Å². The first-order valence-corrected chi connectivity index (χ1v) is 11.3. The largest absolute Gasteiger partial charge is 0.378 e. The van der Waals surface area contributed by atoms with Gasteiger partial charge in [-0.25, -0.2) is 10.1 Å². The molecular weight excluding hydrogens is 452 g/mol. The van der Waals surface area contributed by atoms with Gasteiger partial charge in [-0.2, -0.15) is 9.78 Å². The minimum Gasteiger partial charge on any atom is -0.378 e. The lowest BCUT2D eigenvalue weighted by atomic mass is 10.1. The minimum atomic E-state index is -0.510. The Labute approximate surface area is 199 Å². The monoisotopic (exact) mass is 474 g/mol. The lowest BCUT2D eigenvalue weighted by Gasteiger charge is -2.06. The molecule has 2 aromatic carbocycles. The summed E-state index contributed by atoms with van der Waals surface area (Å²) >= 11 is 1.52. The lowest BCUT2D eigenvalue weighted by Crippen LogP contribution is -2.20. The Balaban J connectivity index is 1.53. The molecule has 2 aromatic heterocycles. The van der Waals surface area contributed by atoms with Gasteiger partial charge < -0.3 is 5.73 Å². The molecule has 1 amide bonds. The molecule has 4 rings (SSSR count). The molecule has 11 heteroatoms. The van der Waals surface area contributed by atoms with Gasteiger partial charge in [0.1, 0.15) is 0 Å². The van der Waals surface area contributed by atoms with E-state index in [-0.39, 0.29) is 17.3 Å². The van der Waals surface area contributed by atoms with E-state index in [4.69, 9.17) is 5.73 Å². The zero-order valence-electron chi connectivity index (χ0n) is 18.5. The fraction of sp³-hybridized carbons (Fsp3) is 0.130. The van der Waals surface area contributed by atoms with E-state index in [0.29, 0.717) is 11.4 Å². The van der Waals surface area contributed by atoms with Crippen LogP contribution >= 0.6 is 11.8 Å². The number of nitrogens with zero attached hydrogens (tertiary/aromatic N) is 6. The fourth-order valence-electron chi connectivity index (χ4n) is 3.00. The van der Waals surface area contributed by atoms with Crippen molar-refractivity contribution >= 4 is 35.8 Å². The summed E-state index contributed by atoms with van der Waals surface area (Å²) in [6.45, 7) is 3.91. The third-order valence-electron chi connectivity index (χ3n) is 4.70. The molecule has 2 heterocycles. The zero-order chi connectivity index (χ0) is 23.9. The lowest BCUT2D eigenvalue weighted by molar-refractivity contribution is 0.0949. The van der Waals surface area contributed by atoms with E-state index in [9.17, 15) is 4.79 Å². The number of benzene rings is 2. The molecule has 3 N–H and O–H groups in total. The van der Waals surface area contributed by atoms with Crippen LogP contribution in [0.15, 0.2) is 74.8 Å². The Morgan fingerprint density at radius 3 is 2.65 bits per heavy atom. The molecule has 0 aliphatic carbocycles. The maximum atomic E-state index is 12.9. The number of aryl methyl sites for hydroxylation is 1. The number of carbonyl (C=O) groups excluding carboxylic acids is 1. The van der Waals surface area contributed by atoms with Crippen molar-refractivity contribution in [1.29, 1.82) is 0 Å². The first-order chi connectivity index (χ1) is 16.5. The first-order valence-electron chi connectivity index (χ1n) is 10.3. The highest BCUT2D eigenvalue weighted by atomic mass is 32.2. The third kappa shape index (κ3) is 5.56. The van der Waals surface area contributed by atoms with Crippen LogP contribution in [0.3, 0.4) is 0 Å². The second-order valence-electron chi connectivity index (χ2n) is 7.37. The van der Waals surface area contributed by atoms with Crippen LogP contribution in [0.4, 0.5) is 5.82 Å². The van der Waals surface area contributed by atoms with Crippen molar-refractivity contribution in [1.82, 2.24) is 30.7 Å². The van der Waals surface area contributed by atoms with E-state index >= 15 is 0 Å². The number of thioether (sulfide) groups is 1. The average molecular weight is 475 g/mol. The number of allylic oxidation sites excluding steroid dienone is 1. The molecule has 0 spiro atoms. The smallest absolute Gasteiger partial charge is 0.293 e. The molecule has 10 nitrogen and oxygen atoms in total. The number of anilines is 1. The number of nitrogens with two attached hydrogens (primary N) is 1. The maximum Gasteiger partial charge on any atom is 0.293 e. The number of hydrogen-bond acceptors (Lipinski definition) is 9. The Morgan fingerprint density at radius 2 is 1.94 bits per heavy atom. The third-order valence-corrected chi connectivity index (χ3v) is 5.72. The van der Waals surface area contributed by atoms with Crippen LogP contribution in [-0.2, 0) is 5.75 Å². The predicted octanol–water partition coefficient (Wildman–Crippen LogP) is 3.65. The normalized spacial score (nSPS) is 11.8. The quantitative estimate of drug-likeness (QED) is 0.224. The summed E-state index contributed by atoms with van der Waals surface area (Å²) in [7, 11) is 0. The van der Waals surface area contributed by atoms with Gasteiger partial charge in [-0.1, -0.05) is 59.3 Å². The van der Waals surface area contributed by atoms with Crippen molar-refractivity contribution in [2.24, 2.45) is 5.10 Å². The summed E-state index contributed by atoms with van der Waals surface area (Å²) in [6, 6.07) is 17.9. The highest BCUT2D eigenvalue weighted by molar-refractivity contribution is 7.98. The standard InChI is InChI=1S/C23H22N8O2S/c1-15-8-10-18(11-9-15)34-14-19-20(26-30-31(19)22-21(24)28-33-29-22)23(32)27-25-13-16(2)12-17-6-4-3-5-7-17/h3-13H,14H2,1-2H3,(H2,24,28)(H,27,32)/b16-12+,25-13+. The molecule has 0 saturated heterocycles. The van der Waals surface area contributed by atoms with E-state index in [1.165, 1.54) is 16.4 Å². The summed E-state index contributed by atoms with van der Waals surface area (Å²) in [4.78, 5) is 13.9. The molecule has 0 unspecified atom stereocenters. The van der Waals surface area contributed by atoms with E-state index < -0.39 is 5.91 Å². The molecule has 0 fully saturated rings. The number of rotatable bonds is 8. The summed E-state index contributed by atoms with van der Waals surface area (Å²) in [6.07, 6.45) is 3.52. The minimum absolute atomic E-state index is 0.0399. The van der Waals surface area contributed by atoms with Crippen molar-refractivity contribution < 1.29 is 9.42 Å². The van der Waals surface area contributed by atoms with Crippen LogP contribution in [0.25, 0.3) is 11.9 Å². The highest BCUT2D eigenvalue weighted by Crippen LogP contribution is 2.26. The van der Waals surface area contributed by atoms with Gasteiger partial charge in [-0.05, 0) is 47.4 Å². The molecule has 0 atom stereocenters. The Morgan fingerprint density at radius 1 is 1.18 bits per heavy atom. The number of aromatic nitrogens is 5. The Hall–Kier alpha value is -4.25. The van der Waals surface area contributed by atoms with Gasteiger partial charge in [0.15, 0.2) is 5.69 Å². The molecule has 0 saturated carbocycles. The Kier molecular flexibility index (Phi) is 7.13. The number of nitrogen functional groups attached to an aromatic ring is 1. The molecule has 34 heavy (non-hydrogen) atoms. The second-order valence-corrected chi connectivity index (χ2v) is 8.42. The summed E-state index contributed by atoms with van der Waals surface area (Å²) < 4.78 is 6.04. The number of hydrogen-bond donors (Lipinski definition) is 2. The summed E-state index contributed by atoms with van der Waals surface area (Å²) in [5, 5.41) is 19.5. The van der Waals surface area contributed by atoms with Crippen LogP contribution in [-0.4, -0.2) is 37.4 Å². The SMILES string of the molecule is CC(/C=N/NC(=O)c1nnn(-c2nonc2N)c1CSc1ccc(C)cc1)=C\c1ccccc1. The molecule has 4 aromatic rings. The van der Waals surface area contributed by atoms with Crippen molar-refractivity contribution in [3.8, 4) is 5.82 Å². The number of nitrogens with one attached hydrogen (secondary N) is 1.